The lowest BCUT2D eigenvalue weighted by atomic mass is 10.2. The van der Waals surface area contributed by atoms with Crippen LogP contribution in [0.5, 0.6) is 0 Å². The molecule has 0 aliphatic carbocycles. The third kappa shape index (κ3) is 4.18. The van der Waals surface area contributed by atoms with Gasteiger partial charge in [-0.2, -0.15) is 0 Å². The second kappa shape index (κ2) is 6.87. The van der Waals surface area contributed by atoms with E-state index < -0.39 is 9.84 Å². The fourth-order valence-corrected chi connectivity index (χ4v) is 5.37. The summed E-state index contributed by atoms with van der Waals surface area (Å²) in [6.45, 7) is 0.431. The van der Waals surface area contributed by atoms with Crippen molar-refractivity contribution in [3.8, 4) is 0 Å². The highest BCUT2D eigenvalue weighted by molar-refractivity contribution is 7.91. The van der Waals surface area contributed by atoms with Gasteiger partial charge < -0.3 is 5.32 Å². The Hall–Kier alpha value is -1.36. The first-order valence-electron chi connectivity index (χ1n) is 7.33. The van der Waals surface area contributed by atoms with Crippen LogP contribution in [0.3, 0.4) is 0 Å². The lowest BCUT2D eigenvalue weighted by Crippen LogP contribution is -2.34. The number of hydrogen-bond acceptors (Lipinski definition) is 7. The van der Waals surface area contributed by atoms with Gasteiger partial charge in [0, 0.05) is 11.7 Å². The molecule has 1 N–H and O–H groups in total. The van der Waals surface area contributed by atoms with E-state index in [0.29, 0.717) is 22.2 Å². The summed E-state index contributed by atoms with van der Waals surface area (Å²) in [5.74, 6) is 0.121. The van der Waals surface area contributed by atoms with Gasteiger partial charge in [-0.15, -0.1) is 5.10 Å². The first-order valence-corrected chi connectivity index (χ1v) is 10.4. The Labute approximate surface area is 148 Å². The largest absolute Gasteiger partial charge is 0.330 e. The number of rotatable bonds is 5. The summed E-state index contributed by atoms with van der Waals surface area (Å²) in [7, 11) is -1.04. The fourth-order valence-electron chi connectivity index (χ4n) is 2.55. The van der Waals surface area contributed by atoms with Crippen molar-refractivity contribution in [2.75, 3.05) is 23.9 Å². The van der Waals surface area contributed by atoms with Crippen molar-refractivity contribution in [1.82, 2.24) is 14.7 Å². The lowest BCUT2D eigenvalue weighted by molar-refractivity contribution is 0.198. The second-order valence-corrected chi connectivity index (χ2v) is 9.61. The average molecular weight is 389 g/mol. The van der Waals surface area contributed by atoms with E-state index in [2.05, 4.69) is 10.4 Å². The van der Waals surface area contributed by atoms with Gasteiger partial charge in [0.1, 0.15) is 5.82 Å². The Morgan fingerprint density at radius 2 is 2.17 bits per heavy atom. The van der Waals surface area contributed by atoms with E-state index in [4.69, 9.17) is 12.2 Å². The zero-order chi connectivity index (χ0) is 17.3. The maximum Gasteiger partial charge on any atom is 0.209 e. The van der Waals surface area contributed by atoms with Gasteiger partial charge in [0.25, 0.3) is 0 Å². The molecule has 0 radical (unpaired) electrons. The number of benzene rings is 1. The minimum Gasteiger partial charge on any atom is -0.330 e. The number of sulfone groups is 1. The summed E-state index contributed by atoms with van der Waals surface area (Å²) in [6, 6.07) is 5.98. The smallest absolute Gasteiger partial charge is 0.209 e. The molecule has 6 nitrogen and oxygen atoms in total. The van der Waals surface area contributed by atoms with E-state index >= 15 is 0 Å². The molecule has 1 atom stereocenters. The normalized spacial score (nSPS) is 19.7. The molecule has 24 heavy (non-hydrogen) atoms. The summed E-state index contributed by atoms with van der Waals surface area (Å²) in [4.78, 5) is 1.96. The van der Waals surface area contributed by atoms with Crippen LogP contribution in [0.2, 0.25) is 0 Å². The molecule has 1 aromatic heterocycles. The lowest BCUT2D eigenvalue weighted by Gasteiger charge is -2.22. The number of nitrogens with zero attached hydrogens (tertiary/aromatic N) is 3. The van der Waals surface area contributed by atoms with Crippen molar-refractivity contribution in [3.05, 3.63) is 34.0 Å². The van der Waals surface area contributed by atoms with Crippen LogP contribution in [0.4, 0.5) is 15.2 Å². The molecule has 2 aromatic rings. The molecule has 3 rings (SSSR count). The van der Waals surface area contributed by atoms with Crippen molar-refractivity contribution in [2.45, 2.75) is 19.1 Å². The fraction of sp³-hybridized carbons (Fsp3) is 0.429. The summed E-state index contributed by atoms with van der Waals surface area (Å²) >= 11 is 6.64. The standard InChI is InChI=1S/C14H17FN4O2S3/c1-18(12-6-7-24(20,21)8-12)9-19-14(22)23-13(17-19)16-11-4-2-10(15)3-5-11/h2-5,12H,6-9H2,1H3,(H,16,17)/t12-/m1/s1. The van der Waals surface area contributed by atoms with E-state index in [1.165, 1.54) is 23.5 Å². The van der Waals surface area contributed by atoms with Crippen LogP contribution in [0, 0.1) is 9.77 Å². The van der Waals surface area contributed by atoms with Crippen LogP contribution >= 0.6 is 23.6 Å². The van der Waals surface area contributed by atoms with Crippen LogP contribution in [0.1, 0.15) is 6.42 Å². The molecule has 1 fully saturated rings. The molecule has 0 amide bonds. The zero-order valence-electron chi connectivity index (χ0n) is 13.0. The van der Waals surface area contributed by atoms with Gasteiger partial charge in [-0.1, -0.05) is 11.3 Å². The molecule has 0 unspecified atom stereocenters. The minimum absolute atomic E-state index is 0.00731. The molecule has 130 valence electrons. The Morgan fingerprint density at radius 3 is 2.79 bits per heavy atom. The van der Waals surface area contributed by atoms with Crippen molar-refractivity contribution >= 4 is 44.2 Å². The molecule has 0 saturated carbocycles. The van der Waals surface area contributed by atoms with Crippen molar-refractivity contribution in [2.24, 2.45) is 0 Å². The molecule has 1 aliphatic heterocycles. The number of anilines is 2. The van der Waals surface area contributed by atoms with E-state index in [1.807, 2.05) is 11.9 Å². The molecule has 0 spiro atoms. The van der Waals surface area contributed by atoms with Crippen LogP contribution in [0.15, 0.2) is 24.3 Å². The van der Waals surface area contributed by atoms with Crippen LogP contribution in [-0.4, -0.2) is 47.7 Å². The van der Waals surface area contributed by atoms with Gasteiger partial charge in [0.15, 0.2) is 13.8 Å². The molecular weight excluding hydrogens is 371 g/mol. The van der Waals surface area contributed by atoms with Gasteiger partial charge in [-0.05, 0) is 50.0 Å². The van der Waals surface area contributed by atoms with Crippen LogP contribution in [0.25, 0.3) is 0 Å². The van der Waals surface area contributed by atoms with Gasteiger partial charge in [-0.25, -0.2) is 17.5 Å². The zero-order valence-corrected chi connectivity index (χ0v) is 15.4. The predicted molar refractivity (Wildman–Crippen MR) is 95.4 cm³/mol. The number of hydrogen-bond donors (Lipinski definition) is 1. The Bertz CT molecular complexity index is 876. The third-order valence-electron chi connectivity index (χ3n) is 3.89. The van der Waals surface area contributed by atoms with Crippen molar-refractivity contribution in [3.63, 3.8) is 0 Å². The average Bonchev–Trinajstić information content (AvgIpc) is 3.04. The summed E-state index contributed by atoms with van der Waals surface area (Å²) in [5.41, 5.74) is 0.725. The predicted octanol–water partition coefficient (Wildman–Crippen LogP) is 2.63. The van der Waals surface area contributed by atoms with Crippen molar-refractivity contribution < 1.29 is 12.8 Å². The van der Waals surface area contributed by atoms with Gasteiger partial charge in [-0.3, -0.25) is 4.90 Å². The van der Waals surface area contributed by atoms with Crippen LogP contribution < -0.4 is 5.32 Å². The first-order chi connectivity index (χ1) is 11.3. The molecule has 2 heterocycles. The van der Waals surface area contributed by atoms with E-state index in [9.17, 15) is 12.8 Å². The Morgan fingerprint density at radius 1 is 1.46 bits per heavy atom. The number of nitrogens with one attached hydrogen (secondary N) is 1. The molecule has 0 bridgehead atoms. The first kappa shape index (κ1) is 17.5. The topological polar surface area (TPSA) is 67.2 Å². The summed E-state index contributed by atoms with van der Waals surface area (Å²) in [5, 5.41) is 8.11. The second-order valence-electron chi connectivity index (χ2n) is 5.76. The summed E-state index contributed by atoms with van der Waals surface area (Å²) < 4.78 is 38.4. The Balaban J connectivity index is 1.68. The SMILES string of the molecule is CN(Cn1nc(Nc2ccc(F)cc2)sc1=S)[C@@H]1CCS(=O)(=O)C1. The van der Waals surface area contributed by atoms with Gasteiger partial charge in [0.05, 0.1) is 18.2 Å². The highest BCUT2D eigenvalue weighted by atomic mass is 32.2. The Kier molecular flexibility index (Phi) is 5.00. The van der Waals surface area contributed by atoms with Crippen LogP contribution in [-0.2, 0) is 16.5 Å². The van der Waals surface area contributed by atoms with Crippen molar-refractivity contribution in [1.29, 1.82) is 0 Å². The summed E-state index contributed by atoms with van der Waals surface area (Å²) in [6.07, 6.45) is 0.636. The molecule has 1 aromatic carbocycles. The van der Waals surface area contributed by atoms with Gasteiger partial charge >= 0.3 is 0 Å². The molecule has 10 heteroatoms. The monoisotopic (exact) mass is 388 g/mol. The maximum atomic E-state index is 12.9. The highest BCUT2D eigenvalue weighted by Gasteiger charge is 2.30. The van der Waals surface area contributed by atoms with E-state index in [0.717, 1.165) is 5.69 Å². The quantitative estimate of drug-likeness (QED) is 0.795. The third-order valence-corrected chi connectivity index (χ3v) is 6.86. The minimum atomic E-state index is -2.92. The van der Waals surface area contributed by atoms with E-state index in [-0.39, 0.29) is 23.4 Å². The van der Waals surface area contributed by atoms with E-state index in [1.54, 1.807) is 16.8 Å². The highest BCUT2D eigenvalue weighted by Crippen LogP contribution is 2.22. The molecular formula is C14H17FN4O2S3. The molecule has 1 aliphatic rings. The number of halogens is 1. The van der Waals surface area contributed by atoms with Gasteiger partial charge in [0.2, 0.25) is 5.13 Å². The molecule has 1 saturated heterocycles. The number of aromatic nitrogens is 2. The maximum absolute atomic E-state index is 12.9.